The van der Waals surface area contributed by atoms with Crippen LogP contribution in [0.1, 0.15) is 23.2 Å². The van der Waals surface area contributed by atoms with Gasteiger partial charge in [0, 0.05) is 31.4 Å². The maximum Gasteiger partial charge on any atom is 0.338 e. The first-order valence-corrected chi connectivity index (χ1v) is 8.45. The number of ether oxygens (including phenoxy) is 1. The smallest absolute Gasteiger partial charge is 0.338 e. The number of carbonyl (C=O) groups is 3. The third-order valence-electron chi connectivity index (χ3n) is 4.33. The van der Waals surface area contributed by atoms with Crippen LogP contribution in [0.25, 0.3) is 0 Å². The normalized spacial score (nSPS) is 13.6. The molecule has 26 heavy (non-hydrogen) atoms. The number of hydrogen-bond acceptors (Lipinski definition) is 4. The van der Waals surface area contributed by atoms with Crippen molar-refractivity contribution < 1.29 is 19.1 Å². The molecule has 2 aromatic carbocycles. The molecule has 1 aliphatic heterocycles. The zero-order valence-corrected chi connectivity index (χ0v) is 14.6. The number of rotatable bonds is 5. The molecule has 0 bridgehead atoms. The van der Waals surface area contributed by atoms with Crippen LogP contribution >= 0.6 is 0 Å². The first kappa shape index (κ1) is 17.7. The van der Waals surface area contributed by atoms with Crippen LogP contribution in [0.15, 0.2) is 54.6 Å². The lowest BCUT2D eigenvalue weighted by molar-refractivity contribution is -0.121. The number of anilines is 2. The molecule has 0 aliphatic carbocycles. The van der Waals surface area contributed by atoms with Crippen LogP contribution in [-0.2, 0) is 14.3 Å². The molecular formula is C20H20N2O4. The lowest BCUT2D eigenvalue weighted by atomic mass is 10.2. The number of hydrogen-bond donors (Lipinski definition) is 0. The molecular weight excluding hydrogens is 332 g/mol. The fourth-order valence-electron chi connectivity index (χ4n) is 2.80. The average molecular weight is 352 g/mol. The Morgan fingerprint density at radius 2 is 1.77 bits per heavy atom. The van der Waals surface area contributed by atoms with Gasteiger partial charge in [-0.25, -0.2) is 4.79 Å². The molecule has 6 heteroatoms. The molecule has 2 aromatic rings. The van der Waals surface area contributed by atoms with Crippen molar-refractivity contribution in [2.24, 2.45) is 0 Å². The van der Waals surface area contributed by atoms with E-state index in [0.717, 1.165) is 17.8 Å². The van der Waals surface area contributed by atoms with Gasteiger partial charge < -0.3 is 14.5 Å². The Kier molecular flexibility index (Phi) is 5.31. The van der Waals surface area contributed by atoms with Gasteiger partial charge in [-0.15, -0.1) is 0 Å². The fraction of sp³-hybridized carbons (Fsp3) is 0.250. The monoisotopic (exact) mass is 352 g/mol. The number of esters is 1. The highest BCUT2D eigenvalue weighted by Gasteiger charge is 2.22. The van der Waals surface area contributed by atoms with Crippen LogP contribution in [0.4, 0.5) is 11.4 Å². The Morgan fingerprint density at radius 1 is 1.08 bits per heavy atom. The minimum atomic E-state index is -0.570. The molecule has 1 saturated heterocycles. The Hall–Kier alpha value is -3.15. The molecule has 1 aliphatic rings. The topological polar surface area (TPSA) is 66.9 Å². The van der Waals surface area contributed by atoms with E-state index in [1.165, 1.54) is 4.90 Å². The standard InChI is InChI=1S/C20H20N2O4/c1-21(16-6-3-2-4-7-16)19(24)14-26-20(25)15-9-11-17(12-10-15)22-13-5-8-18(22)23/h2-4,6-7,9-12H,5,8,13-14H2,1H3. The molecule has 0 unspecified atom stereocenters. The van der Waals surface area contributed by atoms with Crippen LogP contribution in [0.3, 0.4) is 0 Å². The van der Waals surface area contributed by atoms with Gasteiger partial charge in [0.25, 0.3) is 5.91 Å². The second-order valence-corrected chi connectivity index (χ2v) is 6.06. The highest BCUT2D eigenvalue weighted by molar-refractivity contribution is 5.98. The minimum absolute atomic E-state index is 0.0925. The first-order valence-electron chi connectivity index (χ1n) is 8.45. The number of amides is 2. The second kappa shape index (κ2) is 7.82. The van der Waals surface area contributed by atoms with Crippen molar-refractivity contribution in [2.45, 2.75) is 12.8 Å². The van der Waals surface area contributed by atoms with Crippen LogP contribution in [0.5, 0.6) is 0 Å². The summed E-state index contributed by atoms with van der Waals surface area (Å²) < 4.78 is 5.11. The molecule has 1 heterocycles. The van der Waals surface area contributed by atoms with Crippen molar-refractivity contribution >= 4 is 29.2 Å². The molecule has 0 aromatic heterocycles. The van der Waals surface area contributed by atoms with E-state index in [1.807, 2.05) is 18.2 Å². The van der Waals surface area contributed by atoms with E-state index in [2.05, 4.69) is 0 Å². The summed E-state index contributed by atoms with van der Waals surface area (Å²) >= 11 is 0. The van der Waals surface area contributed by atoms with Crippen molar-refractivity contribution in [3.05, 3.63) is 60.2 Å². The van der Waals surface area contributed by atoms with Crippen LogP contribution in [-0.4, -0.2) is 38.0 Å². The number of nitrogens with zero attached hydrogens (tertiary/aromatic N) is 2. The molecule has 0 spiro atoms. The Bertz CT molecular complexity index is 802. The third-order valence-corrected chi connectivity index (χ3v) is 4.33. The van der Waals surface area contributed by atoms with E-state index in [4.69, 9.17) is 4.74 Å². The molecule has 1 fully saturated rings. The third kappa shape index (κ3) is 3.91. The van der Waals surface area contributed by atoms with E-state index in [-0.39, 0.29) is 18.4 Å². The lowest BCUT2D eigenvalue weighted by Crippen LogP contribution is -2.31. The summed E-state index contributed by atoms with van der Waals surface area (Å²) in [5, 5.41) is 0. The Morgan fingerprint density at radius 3 is 2.38 bits per heavy atom. The van der Waals surface area contributed by atoms with E-state index in [1.54, 1.807) is 48.3 Å². The van der Waals surface area contributed by atoms with Gasteiger partial charge in [0.2, 0.25) is 5.91 Å². The van der Waals surface area contributed by atoms with E-state index in [0.29, 0.717) is 18.5 Å². The Labute approximate surface area is 152 Å². The van der Waals surface area contributed by atoms with Crippen molar-refractivity contribution in [2.75, 3.05) is 30.0 Å². The summed E-state index contributed by atoms with van der Waals surface area (Å²) in [4.78, 5) is 39.2. The van der Waals surface area contributed by atoms with E-state index >= 15 is 0 Å². The predicted molar refractivity (Wildman–Crippen MR) is 98.2 cm³/mol. The number of para-hydroxylation sites is 1. The molecule has 0 N–H and O–H groups in total. The fourth-order valence-corrected chi connectivity index (χ4v) is 2.80. The molecule has 6 nitrogen and oxygen atoms in total. The number of benzene rings is 2. The van der Waals surface area contributed by atoms with Crippen molar-refractivity contribution in [3.8, 4) is 0 Å². The molecule has 0 atom stereocenters. The summed E-state index contributed by atoms with van der Waals surface area (Å²) in [5.41, 5.74) is 1.84. The molecule has 134 valence electrons. The van der Waals surface area contributed by atoms with Gasteiger partial charge in [-0.05, 0) is 42.8 Å². The summed E-state index contributed by atoms with van der Waals surface area (Å²) in [6.45, 7) is 0.361. The molecule has 0 saturated carbocycles. The zero-order chi connectivity index (χ0) is 18.5. The van der Waals surface area contributed by atoms with Gasteiger partial charge in [0.1, 0.15) is 0 Å². The average Bonchev–Trinajstić information content (AvgIpc) is 3.12. The summed E-state index contributed by atoms with van der Waals surface area (Å²) in [6, 6.07) is 15.8. The second-order valence-electron chi connectivity index (χ2n) is 6.06. The van der Waals surface area contributed by atoms with Crippen molar-refractivity contribution in [1.82, 2.24) is 0 Å². The van der Waals surface area contributed by atoms with Gasteiger partial charge in [-0.2, -0.15) is 0 Å². The van der Waals surface area contributed by atoms with Crippen LogP contribution in [0.2, 0.25) is 0 Å². The molecule has 3 rings (SSSR count). The maximum atomic E-state index is 12.1. The number of likely N-dealkylation sites (N-methyl/N-ethyl adjacent to an activating group) is 1. The summed E-state index contributed by atoms with van der Waals surface area (Å²) in [6.07, 6.45) is 1.40. The van der Waals surface area contributed by atoms with Crippen molar-refractivity contribution in [3.63, 3.8) is 0 Å². The van der Waals surface area contributed by atoms with E-state index in [9.17, 15) is 14.4 Å². The van der Waals surface area contributed by atoms with Gasteiger partial charge in [0.05, 0.1) is 5.56 Å². The first-order chi connectivity index (χ1) is 12.6. The Balaban J connectivity index is 1.56. The summed E-state index contributed by atoms with van der Waals surface area (Å²) in [7, 11) is 1.63. The van der Waals surface area contributed by atoms with Gasteiger partial charge in [-0.1, -0.05) is 18.2 Å². The quantitative estimate of drug-likeness (QED) is 0.776. The highest BCUT2D eigenvalue weighted by atomic mass is 16.5. The molecule has 0 radical (unpaired) electrons. The van der Waals surface area contributed by atoms with Gasteiger partial charge >= 0.3 is 5.97 Å². The van der Waals surface area contributed by atoms with Crippen molar-refractivity contribution in [1.29, 1.82) is 0 Å². The minimum Gasteiger partial charge on any atom is -0.452 e. The summed E-state index contributed by atoms with van der Waals surface area (Å²) in [5.74, 6) is -0.794. The van der Waals surface area contributed by atoms with E-state index < -0.39 is 5.97 Å². The SMILES string of the molecule is CN(C(=O)COC(=O)c1ccc(N2CCCC2=O)cc1)c1ccccc1. The van der Waals surface area contributed by atoms with Gasteiger partial charge in [-0.3, -0.25) is 9.59 Å². The van der Waals surface area contributed by atoms with Crippen LogP contribution < -0.4 is 9.80 Å². The highest BCUT2D eigenvalue weighted by Crippen LogP contribution is 2.21. The predicted octanol–water partition coefficient (Wildman–Crippen LogP) is 2.63. The number of carbonyl (C=O) groups excluding carboxylic acids is 3. The van der Waals surface area contributed by atoms with Crippen LogP contribution in [0, 0.1) is 0 Å². The largest absolute Gasteiger partial charge is 0.452 e. The molecule has 2 amide bonds. The maximum absolute atomic E-state index is 12.1. The lowest BCUT2D eigenvalue weighted by Gasteiger charge is -2.17. The zero-order valence-electron chi connectivity index (χ0n) is 14.6. The van der Waals surface area contributed by atoms with Gasteiger partial charge in [0.15, 0.2) is 6.61 Å².